The van der Waals surface area contributed by atoms with Gasteiger partial charge in [-0.3, -0.25) is 9.59 Å². The van der Waals surface area contributed by atoms with Gasteiger partial charge < -0.3 is 19.3 Å². The van der Waals surface area contributed by atoms with Crippen molar-refractivity contribution < 1.29 is 32.5 Å². The summed E-state index contributed by atoms with van der Waals surface area (Å²) in [5.41, 5.74) is -2.46. The summed E-state index contributed by atoms with van der Waals surface area (Å²) in [4.78, 5) is 32.1. The highest BCUT2D eigenvalue weighted by molar-refractivity contribution is 5.77. The molecular formula is C22H24F3N6O4+. The van der Waals surface area contributed by atoms with Crippen molar-refractivity contribution in [3.8, 4) is 11.8 Å². The highest BCUT2D eigenvalue weighted by Gasteiger charge is 2.41. The van der Waals surface area contributed by atoms with Gasteiger partial charge in [0, 0.05) is 32.4 Å². The van der Waals surface area contributed by atoms with E-state index in [4.69, 9.17) is 14.7 Å². The van der Waals surface area contributed by atoms with E-state index in [9.17, 15) is 22.8 Å². The van der Waals surface area contributed by atoms with Crippen LogP contribution in [0.4, 0.5) is 19.0 Å². The highest BCUT2D eigenvalue weighted by Crippen LogP contribution is 2.32. The standard InChI is InChI=1S/C22H23F3N6O4/c1-14(34-13-15(2)35-17-12-28-29-21(33)20(17)22(23,24)25)9-19(32)31-7-5-30(6-8-31)18-4-3-16(10-26)11-27-18/h3-4,11,14-15H,5-9,13H2,1-2H3/p+1/t14-,15-/m0/s1. The summed E-state index contributed by atoms with van der Waals surface area (Å²) in [7, 11) is 0. The molecule has 2 aromatic rings. The molecule has 0 spiro atoms. The van der Waals surface area contributed by atoms with Crippen molar-refractivity contribution in [1.82, 2.24) is 15.0 Å². The third-order valence-electron chi connectivity index (χ3n) is 5.28. The SMILES string of the molecule is C[C@@H](CC(=O)N1CCN(c2ccc(C#N)cn2)CC1)OC[C@H](C)Oc1c#[n+][nH]c(=O)c1C(F)(F)F. The van der Waals surface area contributed by atoms with Crippen LogP contribution in [0, 0.1) is 17.5 Å². The van der Waals surface area contributed by atoms with Crippen molar-refractivity contribution in [2.45, 2.75) is 38.7 Å². The molecule has 1 aliphatic heterocycles. The van der Waals surface area contributed by atoms with Gasteiger partial charge in [-0.2, -0.15) is 18.4 Å². The van der Waals surface area contributed by atoms with Crippen molar-refractivity contribution >= 4 is 11.7 Å². The van der Waals surface area contributed by atoms with E-state index in [0.717, 1.165) is 5.82 Å². The molecule has 2 atom stereocenters. The van der Waals surface area contributed by atoms with E-state index in [-0.39, 0.29) is 18.9 Å². The number of aromatic amines is 1. The Hall–Kier alpha value is -3.84. The monoisotopic (exact) mass is 493 g/mol. The van der Waals surface area contributed by atoms with Gasteiger partial charge in [-0.15, -0.1) is 0 Å². The zero-order chi connectivity index (χ0) is 25.6. The molecule has 1 aliphatic rings. The Bertz CT molecular complexity index is 1110. The number of amides is 1. The number of nitrogens with one attached hydrogen (secondary N) is 1. The zero-order valence-corrected chi connectivity index (χ0v) is 19.1. The quantitative estimate of drug-likeness (QED) is 0.577. The van der Waals surface area contributed by atoms with Crippen molar-refractivity contribution in [3.05, 3.63) is 46.0 Å². The van der Waals surface area contributed by atoms with Crippen molar-refractivity contribution in [2.24, 2.45) is 0 Å². The molecule has 13 heteroatoms. The minimum atomic E-state index is -4.93. The molecule has 0 aromatic carbocycles. The normalized spacial score (nSPS) is 15.7. The van der Waals surface area contributed by atoms with Crippen molar-refractivity contribution in [3.63, 3.8) is 0 Å². The van der Waals surface area contributed by atoms with E-state index < -0.39 is 35.3 Å². The first-order valence-electron chi connectivity index (χ1n) is 10.8. The number of halogens is 3. The van der Waals surface area contributed by atoms with Gasteiger partial charge >= 0.3 is 17.9 Å². The fourth-order valence-corrected chi connectivity index (χ4v) is 3.48. The Morgan fingerprint density at radius 3 is 2.60 bits per heavy atom. The third-order valence-corrected chi connectivity index (χ3v) is 5.28. The van der Waals surface area contributed by atoms with Crippen LogP contribution in [0.1, 0.15) is 31.4 Å². The average Bonchev–Trinajstić information content (AvgIpc) is 2.82. The number of alkyl halides is 3. The van der Waals surface area contributed by atoms with Crippen molar-refractivity contribution in [2.75, 3.05) is 37.7 Å². The number of nitrogens with zero attached hydrogens (tertiary/aromatic N) is 5. The number of H-pyrrole nitrogens is 1. The summed E-state index contributed by atoms with van der Waals surface area (Å²) in [6.07, 6.45) is -2.67. The topological polar surface area (TPSA) is 126 Å². The first kappa shape index (κ1) is 25.8. The van der Waals surface area contributed by atoms with Crippen LogP contribution in [0.15, 0.2) is 23.1 Å². The van der Waals surface area contributed by atoms with Crippen LogP contribution >= 0.6 is 0 Å². The van der Waals surface area contributed by atoms with E-state index in [1.807, 2.05) is 17.2 Å². The lowest BCUT2D eigenvalue weighted by Crippen LogP contribution is -2.49. The summed E-state index contributed by atoms with van der Waals surface area (Å²) in [5.74, 6) is -0.177. The molecule has 0 unspecified atom stereocenters. The molecular weight excluding hydrogens is 469 g/mol. The Morgan fingerprint density at radius 1 is 1.29 bits per heavy atom. The van der Waals surface area contributed by atoms with Gasteiger partial charge in [-0.05, 0) is 31.1 Å². The molecule has 1 saturated heterocycles. The lowest BCUT2D eigenvalue weighted by molar-refractivity contribution is -0.381. The number of hydrogen-bond acceptors (Lipinski definition) is 7. The molecule has 2 aromatic heterocycles. The molecule has 1 N–H and O–H groups in total. The highest BCUT2D eigenvalue weighted by atomic mass is 19.4. The number of piperazine rings is 1. The van der Waals surface area contributed by atoms with Gasteiger partial charge in [0.2, 0.25) is 5.91 Å². The number of carbonyl (C=O) groups is 1. The van der Waals surface area contributed by atoms with E-state index in [2.05, 4.69) is 10.1 Å². The number of anilines is 1. The van der Waals surface area contributed by atoms with E-state index in [1.165, 1.54) is 13.1 Å². The maximum Gasteiger partial charge on any atom is 0.426 e. The summed E-state index contributed by atoms with van der Waals surface area (Å²) < 4.78 is 50.1. The Labute approximate surface area is 199 Å². The van der Waals surface area contributed by atoms with Crippen LogP contribution < -0.4 is 20.3 Å². The first-order valence-corrected chi connectivity index (χ1v) is 10.8. The van der Waals surface area contributed by atoms with Gasteiger partial charge in [-0.25, -0.2) is 4.98 Å². The number of rotatable bonds is 8. The Morgan fingerprint density at radius 2 is 2.00 bits per heavy atom. The lowest BCUT2D eigenvalue weighted by Gasteiger charge is -2.35. The van der Waals surface area contributed by atoms with Gasteiger partial charge in [0.1, 0.15) is 18.0 Å². The molecule has 0 bridgehead atoms. The van der Waals surface area contributed by atoms with Crippen LogP contribution in [0.25, 0.3) is 0 Å². The third kappa shape index (κ3) is 6.83. The van der Waals surface area contributed by atoms with Gasteiger partial charge in [0.25, 0.3) is 5.75 Å². The van der Waals surface area contributed by atoms with Gasteiger partial charge in [-0.1, -0.05) is 0 Å². The molecule has 1 amide bonds. The summed E-state index contributed by atoms with van der Waals surface area (Å²) in [5, 5.41) is 13.8. The summed E-state index contributed by atoms with van der Waals surface area (Å²) >= 11 is 0. The molecule has 10 nitrogen and oxygen atoms in total. The lowest BCUT2D eigenvalue weighted by atomic mass is 10.2. The predicted octanol–water partition coefficient (Wildman–Crippen LogP) is 0.972. The number of carbonyl (C=O) groups excluding carboxylic acids is 1. The Kier molecular flexibility index (Phi) is 8.14. The second kappa shape index (κ2) is 11.1. The van der Waals surface area contributed by atoms with Crippen LogP contribution in [-0.4, -0.2) is 65.9 Å². The maximum absolute atomic E-state index is 13.1. The minimum absolute atomic E-state index is 0.0916. The summed E-state index contributed by atoms with van der Waals surface area (Å²) in [6.45, 7) is 5.23. The van der Waals surface area contributed by atoms with E-state index >= 15 is 0 Å². The average molecular weight is 493 g/mol. The van der Waals surface area contributed by atoms with Crippen molar-refractivity contribution in [1.29, 1.82) is 5.26 Å². The number of pyridine rings is 1. The number of aromatic nitrogens is 3. The number of ether oxygens (including phenoxy) is 2. The van der Waals surface area contributed by atoms with Crippen LogP contribution in [-0.2, 0) is 15.7 Å². The molecule has 3 heterocycles. The first-order chi connectivity index (χ1) is 16.6. The molecule has 186 valence electrons. The molecule has 0 radical (unpaired) electrons. The molecule has 3 rings (SSSR count). The maximum atomic E-state index is 13.1. The minimum Gasteiger partial charge on any atom is -0.475 e. The molecule has 0 saturated carbocycles. The van der Waals surface area contributed by atoms with E-state index in [1.54, 1.807) is 29.1 Å². The largest absolute Gasteiger partial charge is 0.475 e. The fraction of sp³-hybridized carbons (Fsp3) is 0.500. The van der Waals surface area contributed by atoms with E-state index in [0.29, 0.717) is 31.7 Å². The number of nitriles is 1. The second-order valence-electron chi connectivity index (χ2n) is 8.03. The van der Waals surface area contributed by atoms with Crippen LogP contribution in [0.5, 0.6) is 5.75 Å². The molecule has 1 fully saturated rings. The molecule has 35 heavy (non-hydrogen) atoms. The van der Waals surface area contributed by atoms with Crippen LogP contribution in [0.2, 0.25) is 0 Å². The number of hydrogen-bond donors (Lipinski definition) is 1. The smallest absolute Gasteiger partial charge is 0.426 e. The predicted molar refractivity (Wildman–Crippen MR) is 114 cm³/mol. The van der Waals surface area contributed by atoms with Gasteiger partial charge in [0.05, 0.1) is 29.8 Å². The summed E-state index contributed by atoms with van der Waals surface area (Å²) in [6, 6.07) is 5.48. The van der Waals surface area contributed by atoms with Gasteiger partial charge in [0.15, 0.2) is 5.56 Å². The fourth-order valence-electron chi connectivity index (χ4n) is 3.48. The Balaban J connectivity index is 1.44. The molecule has 0 aliphatic carbocycles. The second-order valence-corrected chi connectivity index (χ2v) is 8.03. The zero-order valence-electron chi connectivity index (χ0n) is 19.1. The van der Waals surface area contributed by atoms with Crippen LogP contribution in [0.3, 0.4) is 0 Å².